The van der Waals surface area contributed by atoms with Crippen molar-refractivity contribution in [2.24, 2.45) is 0 Å². The van der Waals surface area contributed by atoms with E-state index in [1.54, 1.807) is 25.1 Å². The number of nitrogens with zero attached hydrogens (tertiary/aromatic N) is 2. The Morgan fingerprint density at radius 3 is 2.65 bits per heavy atom. The number of hydrogen-bond acceptors (Lipinski definition) is 5. The van der Waals surface area contributed by atoms with Crippen molar-refractivity contribution in [3.8, 4) is 11.8 Å². The predicted octanol–water partition coefficient (Wildman–Crippen LogP) is 1.98. The summed E-state index contributed by atoms with van der Waals surface area (Å²) < 4.78 is 6.25. The number of rotatable bonds is 3. The minimum Gasteiger partial charge on any atom is -0.464 e. The smallest absolute Gasteiger partial charge is 0.357 e. The van der Waals surface area contributed by atoms with Crippen LogP contribution in [-0.4, -0.2) is 23.6 Å². The van der Waals surface area contributed by atoms with Gasteiger partial charge in [0.25, 0.3) is 0 Å². The van der Waals surface area contributed by atoms with E-state index in [4.69, 9.17) is 15.7 Å². The second-order valence-corrected chi connectivity index (χ2v) is 4.91. The third-order valence-corrected chi connectivity index (χ3v) is 3.42. The zero-order valence-electron chi connectivity index (χ0n) is 13.0. The van der Waals surface area contributed by atoms with Gasteiger partial charge in [0.2, 0.25) is 5.91 Å². The van der Waals surface area contributed by atoms with Crippen LogP contribution in [0.4, 0.5) is 11.4 Å². The highest BCUT2D eigenvalue weighted by atomic mass is 16.5. The first-order valence-corrected chi connectivity index (χ1v) is 6.77. The number of methoxy groups -OCH3 is 1. The van der Waals surface area contributed by atoms with Crippen molar-refractivity contribution in [3.05, 3.63) is 41.2 Å². The van der Waals surface area contributed by atoms with E-state index < -0.39 is 5.97 Å². The first-order chi connectivity index (χ1) is 10.9. The fraction of sp³-hybridized carbons (Fsp3) is 0.188. The second kappa shape index (κ2) is 6.23. The summed E-state index contributed by atoms with van der Waals surface area (Å²) >= 11 is 0. The standard InChI is InChI=1S/C16H16N4O3/c1-9-12(19-10(2)21)5-4-6-13(9)20-8-11(7-17)14(18)15(20)16(22)23-3/h4-6,8H,18H2,1-3H3,(H,19,21). The normalized spacial score (nSPS) is 10.0. The summed E-state index contributed by atoms with van der Waals surface area (Å²) in [5, 5.41) is 11.9. The Kier molecular flexibility index (Phi) is 4.37. The number of aromatic nitrogens is 1. The fourth-order valence-electron chi connectivity index (χ4n) is 2.31. The van der Waals surface area contributed by atoms with Crippen molar-refractivity contribution in [1.82, 2.24) is 4.57 Å². The van der Waals surface area contributed by atoms with E-state index in [1.165, 1.54) is 24.8 Å². The molecule has 0 unspecified atom stereocenters. The van der Waals surface area contributed by atoms with Gasteiger partial charge in [-0.05, 0) is 24.6 Å². The number of anilines is 2. The monoisotopic (exact) mass is 312 g/mol. The maximum absolute atomic E-state index is 12.0. The lowest BCUT2D eigenvalue weighted by Crippen LogP contribution is -2.13. The lowest BCUT2D eigenvalue weighted by Gasteiger charge is -2.14. The number of nitrogens with one attached hydrogen (secondary N) is 1. The average Bonchev–Trinajstić information content (AvgIpc) is 2.84. The highest BCUT2D eigenvalue weighted by Crippen LogP contribution is 2.29. The summed E-state index contributed by atoms with van der Waals surface area (Å²) in [6.07, 6.45) is 1.47. The maximum Gasteiger partial charge on any atom is 0.357 e. The van der Waals surface area contributed by atoms with Crippen molar-refractivity contribution in [1.29, 1.82) is 5.26 Å². The summed E-state index contributed by atoms with van der Waals surface area (Å²) in [6.45, 7) is 3.21. The number of amides is 1. The predicted molar refractivity (Wildman–Crippen MR) is 85.3 cm³/mol. The molecule has 2 aromatic rings. The van der Waals surface area contributed by atoms with E-state index >= 15 is 0 Å². The van der Waals surface area contributed by atoms with Gasteiger partial charge in [0.1, 0.15) is 6.07 Å². The van der Waals surface area contributed by atoms with E-state index in [1.807, 2.05) is 6.07 Å². The first-order valence-electron chi connectivity index (χ1n) is 6.77. The highest BCUT2D eigenvalue weighted by molar-refractivity contribution is 5.96. The van der Waals surface area contributed by atoms with Crippen LogP contribution in [-0.2, 0) is 9.53 Å². The third-order valence-electron chi connectivity index (χ3n) is 3.42. The quantitative estimate of drug-likeness (QED) is 0.842. The Labute approximate surface area is 133 Å². The summed E-state index contributed by atoms with van der Waals surface area (Å²) in [6, 6.07) is 7.18. The highest BCUT2D eigenvalue weighted by Gasteiger charge is 2.22. The molecule has 0 aliphatic rings. The van der Waals surface area contributed by atoms with Gasteiger partial charge in [0.05, 0.1) is 24.0 Å². The Balaban J connectivity index is 2.70. The van der Waals surface area contributed by atoms with Gasteiger partial charge in [0, 0.05) is 18.8 Å². The molecule has 3 N–H and O–H groups in total. The minimum atomic E-state index is -0.645. The van der Waals surface area contributed by atoms with Gasteiger partial charge < -0.3 is 20.4 Å². The number of nitriles is 1. The van der Waals surface area contributed by atoms with Crippen molar-refractivity contribution >= 4 is 23.3 Å². The van der Waals surface area contributed by atoms with Crippen LogP contribution in [0.25, 0.3) is 5.69 Å². The molecule has 1 aromatic heterocycles. The van der Waals surface area contributed by atoms with Crippen LogP contribution in [0.3, 0.4) is 0 Å². The first kappa shape index (κ1) is 16.1. The van der Waals surface area contributed by atoms with Gasteiger partial charge in [-0.25, -0.2) is 4.79 Å². The van der Waals surface area contributed by atoms with Gasteiger partial charge >= 0.3 is 5.97 Å². The second-order valence-electron chi connectivity index (χ2n) is 4.91. The molecule has 7 nitrogen and oxygen atoms in total. The summed E-state index contributed by atoms with van der Waals surface area (Å²) in [5.41, 5.74) is 8.15. The summed E-state index contributed by atoms with van der Waals surface area (Å²) in [5.74, 6) is -0.850. The van der Waals surface area contributed by atoms with E-state index in [-0.39, 0.29) is 22.9 Å². The van der Waals surface area contributed by atoms with Crippen LogP contribution >= 0.6 is 0 Å². The van der Waals surface area contributed by atoms with Crippen molar-refractivity contribution in [2.75, 3.05) is 18.2 Å². The van der Waals surface area contributed by atoms with E-state index in [0.717, 1.165) is 5.56 Å². The van der Waals surface area contributed by atoms with Crippen LogP contribution in [0.15, 0.2) is 24.4 Å². The van der Waals surface area contributed by atoms with Crippen LogP contribution in [0.5, 0.6) is 0 Å². The molecule has 0 aliphatic carbocycles. The fourth-order valence-corrected chi connectivity index (χ4v) is 2.31. The largest absolute Gasteiger partial charge is 0.464 e. The Bertz CT molecular complexity index is 831. The van der Waals surface area contributed by atoms with Crippen molar-refractivity contribution in [3.63, 3.8) is 0 Å². The van der Waals surface area contributed by atoms with Crippen LogP contribution in [0.1, 0.15) is 28.5 Å². The molecule has 0 saturated carbocycles. The molecule has 23 heavy (non-hydrogen) atoms. The van der Waals surface area contributed by atoms with Crippen molar-refractivity contribution < 1.29 is 14.3 Å². The molecular formula is C16H16N4O3. The minimum absolute atomic E-state index is 0.0590. The van der Waals surface area contributed by atoms with E-state index in [0.29, 0.717) is 11.4 Å². The SMILES string of the molecule is COC(=O)c1c(N)c(C#N)cn1-c1cccc(NC(C)=O)c1C. The Morgan fingerprint density at radius 2 is 2.09 bits per heavy atom. The zero-order chi connectivity index (χ0) is 17.1. The molecule has 1 aromatic carbocycles. The molecule has 118 valence electrons. The number of nitrogen functional groups attached to an aromatic ring is 1. The topological polar surface area (TPSA) is 110 Å². The number of ether oxygens (including phenoxy) is 1. The average molecular weight is 312 g/mol. The number of hydrogen-bond donors (Lipinski definition) is 2. The maximum atomic E-state index is 12.0. The van der Waals surface area contributed by atoms with Crippen LogP contribution in [0.2, 0.25) is 0 Å². The van der Waals surface area contributed by atoms with Crippen LogP contribution in [0, 0.1) is 18.3 Å². The molecule has 0 radical (unpaired) electrons. The molecule has 0 atom stereocenters. The molecule has 1 amide bonds. The lowest BCUT2D eigenvalue weighted by molar-refractivity contribution is -0.114. The lowest BCUT2D eigenvalue weighted by atomic mass is 10.1. The van der Waals surface area contributed by atoms with Crippen molar-refractivity contribution in [2.45, 2.75) is 13.8 Å². The molecule has 7 heteroatoms. The number of carbonyl (C=O) groups is 2. The molecule has 0 saturated heterocycles. The molecule has 0 aliphatic heterocycles. The molecule has 0 fully saturated rings. The number of benzene rings is 1. The summed E-state index contributed by atoms with van der Waals surface area (Å²) in [7, 11) is 1.24. The molecule has 1 heterocycles. The Hall–Kier alpha value is -3.27. The molecule has 0 spiro atoms. The summed E-state index contributed by atoms with van der Waals surface area (Å²) in [4.78, 5) is 23.3. The Morgan fingerprint density at radius 1 is 1.39 bits per heavy atom. The number of esters is 1. The van der Waals surface area contributed by atoms with Gasteiger partial charge in [0.15, 0.2) is 5.69 Å². The zero-order valence-corrected chi connectivity index (χ0v) is 13.0. The van der Waals surface area contributed by atoms with Gasteiger partial charge in [-0.1, -0.05) is 6.07 Å². The van der Waals surface area contributed by atoms with E-state index in [9.17, 15) is 9.59 Å². The third kappa shape index (κ3) is 2.87. The van der Waals surface area contributed by atoms with Gasteiger partial charge in [-0.2, -0.15) is 5.26 Å². The molecule has 2 rings (SSSR count). The number of carbonyl (C=O) groups excluding carboxylic acids is 2. The molecule has 0 bridgehead atoms. The van der Waals surface area contributed by atoms with Gasteiger partial charge in [-0.15, -0.1) is 0 Å². The van der Waals surface area contributed by atoms with E-state index in [2.05, 4.69) is 5.32 Å². The van der Waals surface area contributed by atoms with Crippen LogP contribution < -0.4 is 11.1 Å². The number of nitrogens with two attached hydrogens (primary N) is 1. The molecular weight excluding hydrogens is 296 g/mol. The van der Waals surface area contributed by atoms with Gasteiger partial charge in [-0.3, -0.25) is 4.79 Å².